The molecule has 0 aliphatic carbocycles. The van der Waals surface area contributed by atoms with Crippen LogP contribution in [0.5, 0.6) is 5.75 Å². The molecule has 0 saturated carbocycles. The molecule has 0 fully saturated rings. The van der Waals surface area contributed by atoms with Crippen LogP contribution in [-0.4, -0.2) is 17.3 Å². The zero-order valence-electron chi connectivity index (χ0n) is 14.8. The van der Waals surface area contributed by atoms with Gasteiger partial charge in [0.25, 0.3) is 5.91 Å². The monoisotopic (exact) mass is 404 g/mol. The van der Waals surface area contributed by atoms with Crippen LogP contribution in [0.15, 0.2) is 53.1 Å². The molecule has 2 bridgehead atoms. The van der Waals surface area contributed by atoms with E-state index in [1.807, 2.05) is 6.92 Å². The van der Waals surface area contributed by atoms with Crippen molar-refractivity contribution in [3.8, 4) is 17.0 Å². The number of halogens is 4. The number of benzene rings is 2. The minimum absolute atomic E-state index is 0.113. The highest BCUT2D eigenvalue weighted by Gasteiger charge is 2.33. The van der Waals surface area contributed by atoms with Crippen molar-refractivity contribution < 1.29 is 31.5 Å². The number of ether oxygens (including phenoxy) is 1. The summed E-state index contributed by atoms with van der Waals surface area (Å²) in [6.45, 7) is 1.86. The molecule has 29 heavy (non-hydrogen) atoms. The average molecular weight is 404 g/mol. The summed E-state index contributed by atoms with van der Waals surface area (Å²) in [6.07, 6.45) is -3.49. The molecule has 0 saturated heterocycles. The quantitative estimate of drug-likeness (QED) is 0.454. The van der Waals surface area contributed by atoms with Gasteiger partial charge >= 0.3 is 6.36 Å². The summed E-state index contributed by atoms with van der Waals surface area (Å²) >= 11 is 0. The zero-order chi connectivity index (χ0) is 20.8. The van der Waals surface area contributed by atoms with Gasteiger partial charge in [0.15, 0.2) is 11.6 Å². The van der Waals surface area contributed by atoms with Gasteiger partial charge < -0.3 is 14.5 Å². The lowest BCUT2D eigenvalue weighted by molar-refractivity contribution is -0.275. The zero-order valence-corrected chi connectivity index (χ0v) is 14.8. The van der Waals surface area contributed by atoms with Crippen LogP contribution in [0.2, 0.25) is 0 Å². The fraction of sp³-hybridized carbons (Fsp3) is 0.100. The molecule has 1 amide bonds. The Morgan fingerprint density at radius 2 is 1.90 bits per heavy atom. The molecule has 0 spiro atoms. The van der Waals surface area contributed by atoms with E-state index in [1.54, 1.807) is 30.5 Å². The Labute approximate surface area is 161 Å². The summed E-state index contributed by atoms with van der Waals surface area (Å²) in [6, 6.07) is 9.86. The summed E-state index contributed by atoms with van der Waals surface area (Å²) in [5, 5.41) is 2.28. The van der Waals surface area contributed by atoms with Crippen molar-refractivity contribution >= 4 is 22.8 Å². The van der Waals surface area contributed by atoms with E-state index in [-0.39, 0.29) is 11.1 Å². The SMILES string of the molecule is Cc1ccnc(-c2c(C(=O)Nc3cccc(OC(F)(F)F)c3F)c3ccc2o3)c1. The number of nitrogens with zero attached hydrogens (tertiary/aromatic N) is 1. The summed E-state index contributed by atoms with van der Waals surface area (Å²) in [4.78, 5) is 17.1. The number of aryl methyl sites for hydroxylation is 1. The van der Waals surface area contributed by atoms with Crippen molar-refractivity contribution in [3.05, 3.63) is 65.6 Å². The smallest absolute Gasteiger partial charge is 0.456 e. The van der Waals surface area contributed by atoms with Crippen molar-refractivity contribution in [3.63, 3.8) is 0 Å². The van der Waals surface area contributed by atoms with E-state index in [9.17, 15) is 22.4 Å². The van der Waals surface area contributed by atoms with Gasteiger partial charge in [0, 0.05) is 6.20 Å². The number of pyridine rings is 1. The number of carbonyl (C=O) groups is 1. The van der Waals surface area contributed by atoms with Gasteiger partial charge in [0.2, 0.25) is 0 Å². The number of fused-ring (bicyclic) bond motifs is 2. The van der Waals surface area contributed by atoms with Gasteiger partial charge in [-0.2, -0.15) is 0 Å². The molecular weight excluding hydrogens is 392 g/mol. The Hall–Kier alpha value is -3.62. The normalized spacial score (nSPS) is 11.8. The van der Waals surface area contributed by atoms with Crippen LogP contribution < -0.4 is 10.1 Å². The summed E-state index contributed by atoms with van der Waals surface area (Å²) in [5.74, 6) is -3.14. The number of carbonyl (C=O) groups excluding carboxylic acids is 1. The fourth-order valence-electron chi connectivity index (χ4n) is 3.00. The third-order valence-corrected chi connectivity index (χ3v) is 4.18. The fourth-order valence-corrected chi connectivity index (χ4v) is 3.00. The molecule has 4 aromatic rings. The average Bonchev–Trinajstić information content (AvgIpc) is 3.25. The molecule has 0 unspecified atom stereocenters. The Balaban J connectivity index is 1.70. The van der Waals surface area contributed by atoms with E-state index >= 15 is 0 Å². The van der Waals surface area contributed by atoms with Crippen molar-refractivity contribution in [1.82, 2.24) is 4.98 Å². The Morgan fingerprint density at radius 3 is 2.62 bits per heavy atom. The highest BCUT2D eigenvalue weighted by Crippen LogP contribution is 2.37. The molecule has 3 heterocycles. The third-order valence-electron chi connectivity index (χ3n) is 4.18. The van der Waals surface area contributed by atoms with Gasteiger partial charge in [-0.3, -0.25) is 9.78 Å². The predicted octanol–water partition coefficient (Wildman–Crippen LogP) is 5.53. The highest BCUT2D eigenvalue weighted by molar-refractivity contribution is 6.16. The highest BCUT2D eigenvalue weighted by atomic mass is 19.4. The van der Waals surface area contributed by atoms with Crippen LogP contribution in [0.4, 0.5) is 23.2 Å². The predicted molar refractivity (Wildman–Crippen MR) is 96.4 cm³/mol. The van der Waals surface area contributed by atoms with Crippen LogP contribution in [0.1, 0.15) is 15.9 Å². The first-order valence-corrected chi connectivity index (χ1v) is 8.36. The maximum Gasteiger partial charge on any atom is 0.573 e. The maximum atomic E-state index is 14.4. The van der Waals surface area contributed by atoms with Gasteiger partial charge in [0.05, 0.1) is 22.5 Å². The first kappa shape index (κ1) is 18.7. The second-order valence-electron chi connectivity index (χ2n) is 6.25. The first-order chi connectivity index (χ1) is 13.7. The Bertz CT molecular complexity index is 1200. The lowest BCUT2D eigenvalue weighted by atomic mass is 10.0. The van der Waals surface area contributed by atoms with Crippen LogP contribution in [0.3, 0.4) is 0 Å². The number of rotatable bonds is 4. The van der Waals surface area contributed by atoms with Crippen molar-refractivity contribution in [2.75, 3.05) is 5.32 Å². The standard InChI is InChI=1S/C20H12F4N2O3/c1-10-7-8-25-12(9-10)16-13-5-6-14(28-13)17(16)19(27)26-11-3-2-4-15(18(11)21)29-20(22,23)24/h2-9H,1H3,(H,26,27). The first-order valence-electron chi connectivity index (χ1n) is 8.36. The second-order valence-corrected chi connectivity index (χ2v) is 6.25. The topological polar surface area (TPSA) is 64.4 Å². The number of aromatic nitrogens is 1. The number of hydrogen-bond donors (Lipinski definition) is 1. The van der Waals surface area contributed by atoms with Crippen LogP contribution in [0, 0.1) is 12.7 Å². The van der Waals surface area contributed by atoms with E-state index in [0.29, 0.717) is 16.8 Å². The molecule has 9 heteroatoms. The molecule has 1 N–H and O–H groups in total. The molecule has 1 aromatic carbocycles. The molecule has 0 aliphatic heterocycles. The largest absolute Gasteiger partial charge is 0.573 e. The van der Waals surface area contributed by atoms with Gasteiger partial charge in [0.1, 0.15) is 11.2 Å². The maximum absolute atomic E-state index is 14.4. The van der Waals surface area contributed by atoms with E-state index in [0.717, 1.165) is 23.8 Å². The molecule has 148 valence electrons. The third kappa shape index (κ3) is 3.58. The molecule has 4 rings (SSSR count). The number of amides is 1. The van der Waals surface area contributed by atoms with Gasteiger partial charge in [-0.1, -0.05) is 6.07 Å². The van der Waals surface area contributed by atoms with Crippen molar-refractivity contribution in [2.24, 2.45) is 0 Å². The van der Waals surface area contributed by atoms with E-state index in [1.165, 1.54) is 0 Å². The Kier molecular flexibility index (Phi) is 4.37. The number of alkyl halides is 3. The number of nitrogens with one attached hydrogen (secondary N) is 1. The molecule has 0 aliphatic rings. The summed E-state index contributed by atoms with van der Waals surface area (Å²) < 4.78 is 60.8. The van der Waals surface area contributed by atoms with Crippen LogP contribution >= 0.6 is 0 Å². The van der Waals surface area contributed by atoms with Gasteiger partial charge in [-0.15, -0.1) is 13.2 Å². The van der Waals surface area contributed by atoms with Gasteiger partial charge in [-0.05, 0) is 48.9 Å². The minimum atomic E-state index is -5.06. The molecule has 3 aromatic heterocycles. The van der Waals surface area contributed by atoms with Crippen molar-refractivity contribution in [1.29, 1.82) is 0 Å². The van der Waals surface area contributed by atoms with Crippen LogP contribution in [-0.2, 0) is 0 Å². The minimum Gasteiger partial charge on any atom is -0.456 e. The van der Waals surface area contributed by atoms with Crippen molar-refractivity contribution in [2.45, 2.75) is 13.3 Å². The lowest BCUT2D eigenvalue weighted by Gasteiger charge is -2.13. The van der Waals surface area contributed by atoms with E-state index in [4.69, 9.17) is 4.42 Å². The molecular formula is C20H12F4N2O3. The molecule has 0 atom stereocenters. The van der Waals surface area contributed by atoms with E-state index in [2.05, 4.69) is 15.0 Å². The molecule has 0 radical (unpaired) electrons. The second kappa shape index (κ2) is 6.77. The van der Waals surface area contributed by atoms with E-state index < -0.39 is 29.5 Å². The number of furan rings is 2. The summed E-state index contributed by atoms with van der Waals surface area (Å²) in [5.41, 5.74) is 2.13. The number of hydrogen-bond acceptors (Lipinski definition) is 4. The summed E-state index contributed by atoms with van der Waals surface area (Å²) in [7, 11) is 0. The van der Waals surface area contributed by atoms with Gasteiger partial charge in [-0.25, -0.2) is 4.39 Å². The number of anilines is 1. The molecule has 5 nitrogen and oxygen atoms in total. The van der Waals surface area contributed by atoms with Crippen LogP contribution in [0.25, 0.3) is 22.4 Å². The Morgan fingerprint density at radius 1 is 1.14 bits per heavy atom. The lowest BCUT2D eigenvalue weighted by Crippen LogP contribution is -2.19.